The highest BCUT2D eigenvalue weighted by molar-refractivity contribution is 5.97. The first-order valence-corrected chi connectivity index (χ1v) is 6.88. The zero-order valence-electron chi connectivity index (χ0n) is 11.5. The molecular weight excluding hydrogens is 277 g/mol. The summed E-state index contributed by atoms with van der Waals surface area (Å²) in [6.07, 6.45) is -0.234. The van der Waals surface area contributed by atoms with E-state index in [1.807, 2.05) is 0 Å². The van der Waals surface area contributed by atoms with E-state index in [-0.39, 0.29) is 43.7 Å². The van der Waals surface area contributed by atoms with Crippen molar-refractivity contribution in [3.8, 4) is 0 Å². The number of halogens is 1. The van der Waals surface area contributed by atoms with Gasteiger partial charge in [-0.1, -0.05) is 0 Å². The van der Waals surface area contributed by atoms with Crippen molar-refractivity contribution < 1.29 is 24.2 Å². The van der Waals surface area contributed by atoms with Crippen LogP contribution in [0.15, 0.2) is 24.3 Å². The maximum atomic E-state index is 12.8. The Hall–Kier alpha value is -1.79. The summed E-state index contributed by atoms with van der Waals surface area (Å²) in [5, 5.41) is 18.7. The van der Waals surface area contributed by atoms with E-state index < -0.39 is 11.9 Å². The van der Waals surface area contributed by atoms with Crippen molar-refractivity contribution in [1.82, 2.24) is 4.90 Å². The maximum absolute atomic E-state index is 12.8. The minimum Gasteiger partial charge on any atom is -0.394 e. The summed E-state index contributed by atoms with van der Waals surface area (Å²) in [5.41, 5.74) is 0.365. The van der Waals surface area contributed by atoms with Gasteiger partial charge in [0.15, 0.2) is 5.78 Å². The van der Waals surface area contributed by atoms with Gasteiger partial charge in [-0.25, -0.2) is 4.39 Å². The monoisotopic (exact) mass is 295 g/mol. The molecule has 1 saturated heterocycles. The van der Waals surface area contributed by atoms with Crippen molar-refractivity contribution in [1.29, 1.82) is 0 Å². The Morgan fingerprint density at radius 1 is 1.24 bits per heavy atom. The van der Waals surface area contributed by atoms with E-state index in [2.05, 4.69) is 0 Å². The average molecular weight is 295 g/mol. The zero-order chi connectivity index (χ0) is 15.4. The number of ketones is 1. The number of benzene rings is 1. The molecule has 1 amide bonds. The molecule has 0 saturated carbocycles. The molecule has 21 heavy (non-hydrogen) atoms. The Bertz CT molecular complexity index is 517. The highest BCUT2D eigenvalue weighted by atomic mass is 19.1. The number of Topliss-reactive ketones (excluding diaryl/α,β-unsaturated/α-hetero) is 1. The largest absolute Gasteiger partial charge is 0.394 e. The molecule has 1 fully saturated rings. The fraction of sp³-hybridized carbons (Fsp3) is 0.467. The molecule has 0 aliphatic carbocycles. The van der Waals surface area contributed by atoms with Crippen molar-refractivity contribution >= 4 is 11.7 Å². The van der Waals surface area contributed by atoms with Gasteiger partial charge in [0.25, 0.3) is 0 Å². The van der Waals surface area contributed by atoms with E-state index in [0.29, 0.717) is 12.0 Å². The van der Waals surface area contributed by atoms with Gasteiger partial charge in [-0.3, -0.25) is 9.59 Å². The summed E-state index contributed by atoms with van der Waals surface area (Å²) in [4.78, 5) is 25.4. The molecule has 0 bridgehead atoms. The van der Waals surface area contributed by atoms with Gasteiger partial charge in [-0.2, -0.15) is 0 Å². The highest BCUT2D eigenvalue weighted by Gasteiger charge is 2.33. The molecule has 0 aromatic heterocycles. The van der Waals surface area contributed by atoms with Crippen LogP contribution in [0.1, 0.15) is 29.6 Å². The summed E-state index contributed by atoms with van der Waals surface area (Å²) in [6, 6.07) is 4.80. The van der Waals surface area contributed by atoms with Crippen molar-refractivity contribution in [3.05, 3.63) is 35.6 Å². The van der Waals surface area contributed by atoms with Gasteiger partial charge in [-0.05, 0) is 30.7 Å². The van der Waals surface area contributed by atoms with Gasteiger partial charge in [-0.15, -0.1) is 0 Å². The molecule has 5 nitrogen and oxygen atoms in total. The Morgan fingerprint density at radius 2 is 1.90 bits per heavy atom. The van der Waals surface area contributed by atoms with Crippen molar-refractivity contribution in [2.24, 2.45) is 0 Å². The Kier molecular flexibility index (Phi) is 5.03. The van der Waals surface area contributed by atoms with Crippen molar-refractivity contribution in [3.63, 3.8) is 0 Å². The molecule has 2 rings (SSSR count). The second kappa shape index (κ2) is 6.78. The van der Waals surface area contributed by atoms with Gasteiger partial charge in [0.2, 0.25) is 5.91 Å². The molecule has 1 aliphatic rings. The molecule has 1 aromatic rings. The molecule has 2 atom stereocenters. The van der Waals surface area contributed by atoms with Crippen LogP contribution in [0.2, 0.25) is 0 Å². The average Bonchev–Trinajstić information content (AvgIpc) is 2.86. The molecule has 1 aromatic carbocycles. The van der Waals surface area contributed by atoms with Gasteiger partial charge in [0, 0.05) is 24.9 Å². The molecule has 2 N–H and O–H groups in total. The molecule has 0 radical (unpaired) electrons. The van der Waals surface area contributed by atoms with Gasteiger partial charge >= 0.3 is 0 Å². The molecule has 114 valence electrons. The normalized spacial score (nSPS) is 21.6. The number of likely N-dealkylation sites (tertiary alicyclic amines) is 1. The third-order valence-electron chi connectivity index (χ3n) is 3.66. The molecule has 0 spiro atoms. The van der Waals surface area contributed by atoms with Gasteiger partial charge in [0.1, 0.15) is 5.82 Å². The number of nitrogens with zero attached hydrogens (tertiary/aromatic N) is 1. The summed E-state index contributed by atoms with van der Waals surface area (Å²) >= 11 is 0. The lowest BCUT2D eigenvalue weighted by Crippen LogP contribution is -2.38. The van der Waals surface area contributed by atoms with E-state index in [9.17, 15) is 24.2 Å². The number of hydrogen-bond donors (Lipinski definition) is 2. The predicted octanol–water partition coefficient (Wildman–Crippen LogP) is 0.743. The number of aliphatic hydroxyl groups is 2. The molecule has 1 heterocycles. The standard InChI is InChI=1S/C15H18FNO4/c16-11-3-1-10(2-4-11)14(20)5-6-15(21)17-8-13(19)7-12(17)9-18/h1-4,12-13,18-19H,5-9H2/t12-,13+/m1/s1. The predicted molar refractivity (Wildman–Crippen MR) is 73.2 cm³/mol. The minimum atomic E-state index is -0.626. The number of rotatable bonds is 5. The zero-order valence-corrected chi connectivity index (χ0v) is 11.5. The lowest BCUT2D eigenvalue weighted by atomic mass is 10.1. The van der Waals surface area contributed by atoms with E-state index in [4.69, 9.17) is 0 Å². The third kappa shape index (κ3) is 3.86. The first-order chi connectivity index (χ1) is 10.0. The molecule has 1 aliphatic heterocycles. The van der Waals surface area contributed by atoms with Crippen LogP contribution >= 0.6 is 0 Å². The van der Waals surface area contributed by atoms with E-state index in [0.717, 1.165) is 0 Å². The highest BCUT2D eigenvalue weighted by Crippen LogP contribution is 2.19. The lowest BCUT2D eigenvalue weighted by Gasteiger charge is -2.22. The van der Waals surface area contributed by atoms with E-state index in [1.165, 1.54) is 29.2 Å². The molecule has 0 unspecified atom stereocenters. The minimum absolute atomic E-state index is 0.0133. The van der Waals surface area contributed by atoms with Crippen LogP contribution in [0.5, 0.6) is 0 Å². The third-order valence-corrected chi connectivity index (χ3v) is 3.66. The number of β-amino-alcohol motifs (C(OH)–C–C–N with tert-alkyl or cyclic N) is 1. The van der Waals surface area contributed by atoms with Gasteiger partial charge in [0.05, 0.1) is 18.8 Å². The van der Waals surface area contributed by atoms with Crippen LogP contribution < -0.4 is 0 Å². The number of carbonyl (C=O) groups is 2. The smallest absolute Gasteiger partial charge is 0.223 e. The number of hydrogen-bond acceptors (Lipinski definition) is 4. The molecular formula is C15H18FNO4. The fourth-order valence-corrected chi connectivity index (χ4v) is 2.51. The second-order valence-corrected chi connectivity index (χ2v) is 5.20. The Labute approximate surface area is 122 Å². The number of carbonyl (C=O) groups excluding carboxylic acids is 2. The van der Waals surface area contributed by atoms with Crippen LogP contribution in [-0.2, 0) is 4.79 Å². The van der Waals surface area contributed by atoms with Crippen LogP contribution in [0.3, 0.4) is 0 Å². The Balaban J connectivity index is 1.89. The van der Waals surface area contributed by atoms with Crippen LogP contribution in [0, 0.1) is 5.82 Å². The topological polar surface area (TPSA) is 77.8 Å². The van der Waals surface area contributed by atoms with Crippen LogP contribution in [-0.4, -0.2) is 52.1 Å². The maximum Gasteiger partial charge on any atom is 0.223 e. The molecule has 6 heteroatoms. The van der Waals surface area contributed by atoms with Crippen LogP contribution in [0.25, 0.3) is 0 Å². The van der Waals surface area contributed by atoms with E-state index in [1.54, 1.807) is 0 Å². The SMILES string of the molecule is O=C(CCC(=O)N1C[C@@H](O)C[C@@H]1CO)c1ccc(F)cc1. The van der Waals surface area contributed by atoms with Gasteiger partial charge < -0.3 is 15.1 Å². The number of aliphatic hydroxyl groups excluding tert-OH is 2. The fourth-order valence-electron chi connectivity index (χ4n) is 2.51. The van der Waals surface area contributed by atoms with E-state index >= 15 is 0 Å². The quantitative estimate of drug-likeness (QED) is 0.786. The lowest BCUT2D eigenvalue weighted by molar-refractivity contribution is -0.132. The number of amides is 1. The van der Waals surface area contributed by atoms with Crippen LogP contribution in [0.4, 0.5) is 4.39 Å². The summed E-state index contributed by atoms with van der Waals surface area (Å²) in [7, 11) is 0. The summed E-state index contributed by atoms with van der Waals surface area (Å²) in [5.74, 6) is -0.913. The van der Waals surface area contributed by atoms with Crippen molar-refractivity contribution in [2.75, 3.05) is 13.2 Å². The first-order valence-electron chi connectivity index (χ1n) is 6.88. The summed E-state index contributed by atoms with van der Waals surface area (Å²) in [6.45, 7) is -0.0104. The van der Waals surface area contributed by atoms with Crippen molar-refractivity contribution in [2.45, 2.75) is 31.4 Å². The Morgan fingerprint density at radius 3 is 2.52 bits per heavy atom. The second-order valence-electron chi connectivity index (χ2n) is 5.20. The first kappa shape index (κ1) is 15.6. The summed E-state index contributed by atoms with van der Waals surface area (Å²) < 4.78 is 12.8.